The summed E-state index contributed by atoms with van der Waals surface area (Å²) in [5, 5.41) is 12.0. The second-order valence-corrected chi connectivity index (χ2v) is 7.26. The molecule has 6 heteroatoms. The molecule has 1 N–H and O–H groups in total. The Morgan fingerprint density at radius 3 is 2.48 bits per heavy atom. The Morgan fingerprint density at radius 2 is 1.81 bits per heavy atom. The van der Waals surface area contributed by atoms with Crippen molar-refractivity contribution in [3.63, 3.8) is 0 Å². The van der Waals surface area contributed by atoms with E-state index in [1.54, 1.807) is 12.1 Å². The lowest BCUT2D eigenvalue weighted by atomic mass is 10.0. The molecular formula is C21H20FN3OS. The van der Waals surface area contributed by atoms with Gasteiger partial charge in [-0.15, -0.1) is 10.2 Å². The molecule has 3 rings (SSSR count). The Morgan fingerprint density at radius 1 is 1.04 bits per heavy atom. The number of thioether (sulfide) groups is 1. The highest BCUT2D eigenvalue weighted by Crippen LogP contribution is 2.23. The van der Waals surface area contributed by atoms with E-state index in [1.807, 2.05) is 18.2 Å². The summed E-state index contributed by atoms with van der Waals surface area (Å²) in [6.07, 6.45) is 0. The molecule has 0 saturated heterocycles. The van der Waals surface area contributed by atoms with Crippen molar-refractivity contribution in [2.24, 2.45) is 0 Å². The summed E-state index contributed by atoms with van der Waals surface area (Å²) in [5.41, 5.74) is 5.10. The van der Waals surface area contributed by atoms with Gasteiger partial charge in [0.2, 0.25) is 5.91 Å². The molecule has 0 saturated carbocycles. The van der Waals surface area contributed by atoms with Gasteiger partial charge in [0, 0.05) is 12.1 Å². The molecule has 27 heavy (non-hydrogen) atoms. The van der Waals surface area contributed by atoms with E-state index in [0.29, 0.717) is 11.6 Å². The first kappa shape index (κ1) is 19.0. The van der Waals surface area contributed by atoms with Gasteiger partial charge in [-0.25, -0.2) is 4.39 Å². The van der Waals surface area contributed by atoms with Gasteiger partial charge in [-0.05, 0) is 49.2 Å². The van der Waals surface area contributed by atoms with Gasteiger partial charge in [0.1, 0.15) is 10.8 Å². The molecule has 1 aromatic heterocycles. The normalized spacial score (nSPS) is 10.6. The molecule has 2 aromatic carbocycles. The van der Waals surface area contributed by atoms with E-state index in [1.165, 1.54) is 29.5 Å². The van der Waals surface area contributed by atoms with Crippen molar-refractivity contribution in [1.82, 2.24) is 15.5 Å². The van der Waals surface area contributed by atoms with Crippen LogP contribution >= 0.6 is 11.8 Å². The zero-order chi connectivity index (χ0) is 19.2. The Hall–Kier alpha value is -2.73. The van der Waals surface area contributed by atoms with Crippen molar-refractivity contribution >= 4 is 17.7 Å². The zero-order valence-corrected chi connectivity index (χ0v) is 16.0. The maximum absolute atomic E-state index is 12.9. The first-order valence-corrected chi connectivity index (χ1v) is 9.55. The third-order valence-corrected chi connectivity index (χ3v) is 4.97. The molecule has 0 fully saturated rings. The molecule has 0 unspecified atom stereocenters. The van der Waals surface area contributed by atoms with Gasteiger partial charge in [0.25, 0.3) is 0 Å². The number of rotatable bonds is 6. The van der Waals surface area contributed by atoms with Crippen molar-refractivity contribution in [2.75, 3.05) is 5.75 Å². The fraction of sp³-hybridized carbons (Fsp3) is 0.190. The van der Waals surface area contributed by atoms with E-state index in [2.05, 4.69) is 41.5 Å². The van der Waals surface area contributed by atoms with Crippen LogP contribution in [0.3, 0.4) is 0 Å². The number of nitrogens with one attached hydrogen (secondary N) is 1. The third-order valence-electron chi connectivity index (χ3n) is 4.05. The number of carbonyl (C=O) groups is 1. The molecule has 0 aliphatic rings. The average molecular weight is 381 g/mol. The first-order valence-electron chi connectivity index (χ1n) is 8.56. The van der Waals surface area contributed by atoms with Crippen LogP contribution in [0.15, 0.2) is 59.6 Å². The van der Waals surface area contributed by atoms with Gasteiger partial charge in [-0.1, -0.05) is 47.7 Å². The molecule has 3 aromatic rings. The summed E-state index contributed by atoms with van der Waals surface area (Å²) in [4.78, 5) is 12.0. The Kier molecular flexibility index (Phi) is 6.19. The Bertz CT molecular complexity index is 927. The van der Waals surface area contributed by atoms with Crippen LogP contribution in [0.2, 0.25) is 0 Å². The molecule has 0 radical (unpaired) electrons. The lowest BCUT2D eigenvalue weighted by Crippen LogP contribution is -2.24. The van der Waals surface area contributed by atoms with Gasteiger partial charge in [0.05, 0.1) is 11.4 Å². The highest BCUT2D eigenvalue weighted by molar-refractivity contribution is 7.99. The quantitative estimate of drug-likeness (QED) is 0.647. The van der Waals surface area contributed by atoms with E-state index in [9.17, 15) is 9.18 Å². The van der Waals surface area contributed by atoms with Crippen LogP contribution in [0.1, 0.15) is 16.7 Å². The maximum atomic E-state index is 12.9. The van der Waals surface area contributed by atoms with Gasteiger partial charge in [-0.3, -0.25) is 4.79 Å². The highest BCUT2D eigenvalue weighted by atomic mass is 32.2. The minimum absolute atomic E-state index is 0.107. The van der Waals surface area contributed by atoms with Crippen LogP contribution in [0, 0.1) is 19.7 Å². The number of carbonyl (C=O) groups excluding carboxylic acids is 1. The van der Waals surface area contributed by atoms with Crippen molar-refractivity contribution in [3.8, 4) is 11.3 Å². The van der Waals surface area contributed by atoms with Crippen LogP contribution in [-0.2, 0) is 11.3 Å². The monoisotopic (exact) mass is 381 g/mol. The number of hydrogen-bond donors (Lipinski definition) is 1. The lowest BCUT2D eigenvalue weighted by molar-refractivity contribution is -0.118. The smallest absolute Gasteiger partial charge is 0.230 e. The van der Waals surface area contributed by atoms with Gasteiger partial charge in [-0.2, -0.15) is 0 Å². The molecule has 1 amide bonds. The lowest BCUT2D eigenvalue weighted by Gasteiger charge is -2.07. The Balaban J connectivity index is 1.52. The number of halogens is 1. The first-order chi connectivity index (χ1) is 13.0. The van der Waals surface area contributed by atoms with E-state index in [0.717, 1.165) is 22.4 Å². The largest absolute Gasteiger partial charge is 0.351 e. The van der Waals surface area contributed by atoms with Crippen LogP contribution in [0.25, 0.3) is 11.3 Å². The summed E-state index contributed by atoms with van der Waals surface area (Å²) in [6, 6.07) is 16.1. The van der Waals surface area contributed by atoms with Crippen molar-refractivity contribution in [2.45, 2.75) is 25.4 Å². The number of nitrogens with zero attached hydrogens (tertiary/aromatic N) is 2. The minimum Gasteiger partial charge on any atom is -0.351 e. The standard InChI is InChI=1S/C21H20FN3OS/c1-14-3-8-18(15(2)11-14)19-9-10-21(25-24-19)27-13-20(26)23-12-16-4-6-17(22)7-5-16/h3-11H,12-13H2,1-2H3,(H,23,26). The van der Waals surface area contributed by atoms with Crippen molar-refractivity contribution in [3.05, 3.63) is 77.1 Å². The molecule has 0 aliphatic heterocycles. The fourth-order valence-electron chi connectivity index (χ4n) is 2.64. The molecule has 0 atom stereocenters. The minimum atomic E-state index is -0.288. The molecule has 138 valence electrons. The van der Waals surface area contributed by atoms with Crippen LogP contribution in [0.5, 0.6) is 0 Å². The van der Waals surface area contributed by atoms with Crippen LogP contribution in [-0.4, -0.2) is 21.9 Å². The predicted octanol–water partition coefficient (Wildman–Crippen LogP) is 4.31. The van der Waals surface area contributed by atoms with Gasteiger partial charge >= 0.3 is 0 Å². The SMILES string of the molecule is Cc1ccc(-c2ccc(SCC(=O)NCc3ccc(F)cc3)nn2)c(C)c1. The summed E-state index contributed by atoms with van der Waals surface area (Å²) in [7, 11) is 0. The molecule has 0 bridgehead atoms. The average Bonchev–Trinajstić information content (AvgIpc) is 2.66. The second-order valence-electron chi connectivity index (χ2n) is 6.27. The van der Waals surface area contributed by atoms with Gasteiger partial charge < -0.3 is 5.32 Å². The Labute approximate surface area is 162 Å². The zero-order valence-electron chi connectivity index (χ0n) is 15.2. The molecule has 0 aliphatic carbocycles. The van der Waals surface area contributed by atoms with E-state index in [-0.39, 0.29) is 17.5 Å². The van der Waals surface area contributed by atoms with Crippen LogP contribution in [0.4, 0.5) is 4.39 Å². The summed E-state index contributed by atoms with van der Waals surface area (Å²) in [5.74, 6) is -0.147. The summed E-state index contributed by atoms with van der Waals surface area (Å²) in [6.45, 7) is 4.48. The number of amides is 1. The van der Waals surface area contributed by atoms with Crippen molar-refractivity contribution < 1.29 is 9.18 Å². The van der Waals surface area contributed by atoms with E-state index in [4.69, 9.17) is 0 Å². The number of aryl methyl sites for hydroxylation is 2. The van der Waals surface area contributed by atoms with Crippen molar-refractivity contribution in [1.29, 1.82) is 0 Å². The molecule has 0 spiro atoms. The summed E-state index contributed by atoms with van der Waals surface area (Å²) < 4.78 is 12.9. The molecule has 1 heterocycles. The maximum Gasteiger partial charge on any atom is 0.230 e. The number of benzene rings is 2. The van der Waals surface area contributed by atoms with E-state index >= 15 is 0 Å². The van der Waals surface area contributed by atoms with E-state index < -0.39 is 0 Å². The number of hydrogen-bond acceptors (Lipinski definition) is 4. The van der Waals surface area contributed by atoms with Gasteiger partial charge in [0.15, 0.2) is 0 Å². The molecular weight excluding hydrogens is 361 g/mol. The molecule has 4 nitrogen and oxygen atoms in total. The predicted molar refractivity (Wildman–Crippen MR) is 106 cm³/mol. The number of aromatic nitrogens is 2. The fourth-order valence-corrected chi connectivity index (χ4v) is 3.28. The second kappa shape index (κ2) is 8.77. The topological polar surface area (TPSA) is 54.9 Å². The highest BCUT2D eigenvalue weighted by Gasteiger charge is 2.07. The van der Waals surface area contributed by atoms with Crippen LogP contribution < -0.4 is 5.32 Å². The summed E-state index contributed by atoms with van der Waals surface area (Å²) >= 11 is 1.33. The third kappa shape index (κ3) is 5.37.